The quantitative estimate of drug-likeness (QED) is 0.0750. The number of nitro benzene ring substituents is 1. The van der Waals surface area contributed by atoms with Gasteiger partial charge in [-0.25, -0.2) is 22.3 Å². The number of anilines is 1. The minimum Gasteiger partial charge on any atom is -0.455 e. The summed E-state index contributed by atoms with van der Waals surface area (Å²) in [6.45, 7) is 11.7. The number of carbonyl (C=O) groups excluding carboxylic acids is 2. The molecule has 0 radical (unpaired) electrons. The maximum atomic E-state index is 14.0. The zero-order valence-electron chi connectivity index (χ0n) is 38.5. The van der Waals surface area contributed by atoms with Crippen LogP contribution in [0.25, 0.3) is 16.6 Å². The number of H-pyrrole nitrogens is 1. The van der Waals surface area contributed by atoms with E-state index in [1.54, 1.807) is 31.3 Å². The fourth-order valence-electron chi connectivity index (χ4n) is 9.12. The minimum absolute atomic E-state index is 0.0581. The number of hydrogen-bond acceptors (Lipinski definition) is 12. The Morgan fingerprint density at radius 1 is 0.985 bits per heavy atom. The number of allylic oxidation sites excluding steroid dienone is 1. The number of rotatable bonds is 15. The van der Waals surface area contributed by atoms with Crippen LogP contribution in [0.15, 0.2) is 100 Å². The summed E-state index contributed by atoms with van der Waals surface area (Å²) in [4.78, 5) is 51.2. The van der Waals surface area contributed by atoms with E-state index in [1.807, 2.05) is 18.2 Å². The molecule has 0 saturated carbocycles. The van der Waals surface area contributed by atoms with Gasteiger partial charge in [-0.05, 0) is 97.7 Å². The predicted octanol–water partition coefficient (Wildman–Crippen LogP) is 8.47. The third-order valence-corrected chi connectivity index (χ3v) is 16.8. The van der Waals surface area contributed by atoms with Crippen LogP contribution in [0, 0.1) is 15.5 Å². The molecular weight excluding hydrogens is 928 g/mol. The molecule has 0 unspecified atom stereocenters. The van der Waals surface area contributed by atoms with Gasteiger partial charge in [0.1, 0.15) is 17.1 Å². The van der Waals surface area contributed by atoms with Gasteiger partial charge in [-0.15, -0.1) is 0 Å². The molecule has 19 heteroatoms. The van der Waals surface area contributed by atoms with Crippen LogP contribution in [-0.4, -0.2) is 113 Å². The SMILES string of the molecule is CCC(=O)N=S1(=O)CCN(CCCc2ccc(S(=O)(=O)NC(=O)c3ccc(N4CCN(CC5=C(c6ccc(Cl)cc6)CC(C)(C)CC5)CC4)cc3Oc3cnc4[nH]ccc4c3)cc2[N+](=O)[O-])CC1. The Kier molecular flexibility index (Phi) is 14.7. The Balaban J connectivity index is 0.960. The van der Waals surface area contributed by atoms with Crippen LogP contribution in [0.1, 0.15) is 74.4 Å². The van der Waals surface area contributed by atoms with Crippen molar-refractivity contribution < 1.29 is 31.9 Å². The first-order valence-corrected chi connectivity index (χ1v) is 26.7. The number of sulfonamides is 1. The van der Waals surface area contributed by atoms with E-state index in [-0.39, 0.29) is 52.7 Å². The molecule has 68 heavy (non-hydrogen) atoms. The molecule has 2 aliphatic heterocycles. The summed E-state index contributed by atoms with van der Waals surface area (Å²) in [5.41, 5.74) is 5.62. The molecule has 2 amide bonds. The predicted molar refractivity (Wildman–Crippen MR) is 265 cm³/mol. The Hall–Kier alpha value is -5.66. The Bertz CT molecular complexity index is 2980. The maximum absolute atomic E-state index is 14.0. The van der Waals surface area contributed by atoms with Gasteiger partial charge >= 0.3 is 0 Å². The Morgan fingerprint density at radius 2 is 1.74 bits per heavy atom. The summed E-state index contributed by atoms with van der Waals surface area (Å²) < 4.78 is 52.9. The Morgan fingerprint density at radius 3 is 2.46 bits per heavy atom. The average Bonchev–Trinajstić information content (AvgIpc) is 3.79. The molecule has 360 valence electrons. The van der Waals surface area contributed by atoms with Gasteiger partial charge in [-0.1, -0.05) is 56.1 Å². The van der Waals surface area contributed by atoms with Gasteiger partial charge in [0.15, 0.2) is 0 Å². The highest BCUT2D eigenvalue weighted by molar-refractivity contribution is 7.94. The van der Waals surface area contributed by atoms with E-state index < -0.39 is 35.5 Å². The smallest absolute Gasteiger partial charge is 0.273 e. The van der Waals surface area contributed by atoms with Crippen LogP contribution < -0.4 is 14.4 Å². The molecule has 3 aromatic carbocycles. The summed E-state index contributed by atoms with van der Waals surface area (Å²) in [7, 11) is -7.18. The molecule has 3 aliphatic rings. The fraction of sp³-hybridized carbons (Fsp3) is 0.408. The van der Waals surface area contributed by atoms with Crippen molar-refractivity contribution in [2.24, 2.45) is 9.78 Å². The van der Waals surface area contributed by atoms with E-state index in [0.717, 1.165) is 61.1 Å². The van der Waals surface area contributed by atoms with E-state index in [4.69, 9.17) is 16.3 Å². The lowest BCUT2D eigenvalue weighted by atomic mass is 9.72. The number of fused-ring (bicyclic) bond motifs is 1. The van der Waals surface area contributed by atoms with Crippen molar-refractivity contribution in [2.75, 3.05) is 68.8 Å². The zero-order chi connectivity index (χ0) is 48.2. The van der Waals surface area contributed by atoms with Gasteiger partial charge < -0.3 is 19.5 Å². The van der Waals surface area contributed by atoms with Crippen molar-refractivity contribution in [1.82, 2.24) is 24.5 Å². The van der Waals surface area contributed by atoms with Gasteiger partial charge in [-0.2, -0.15) is 4.36 Å². The number of nitro groups is 1. The van der Waals surface area contributed by atoms with Gasteiger partial charge in [0.05, 0.1) is 31.3 Å². The lowest BCUT2D eigenvalue weighted by molar-refractivity contribution is -0.385. The molecule has 2 N–H and O–H groups in total. The van der Waals surface area contributed by atoms with Gasteiger partial charge in [0.2, 0.25) is 0 Å². The largest absolute Gasteiger partial charge is 0.455 e. The monoisotopic (exact) mass is 984 g/mol. The van der Waals surface area contributed by atoms with E-state index in [1.165, 1.54) is 41.1 Å². The maximum Gasteiger partial charge on any atom is 0.273 e. The number of pyridine rings is 1. The summed E-state index contributed by atoms with van der Waals surface area (Å²) in [6, 6.07) is 20.4. The molecule has 0 atom stereocenters. The molecule has 2 fully saturated rings. The highest BCUT2D eigenvalue weighted by Gasteiger charge is 2.31. The Labute approximate surface area is 402 Å². The molecule has 0 bridgehead atoms. The number of aromatic amines is 1. The standard InChI is InChI=1S/C49H57ClN8O8S2/c1-4-46(59)53-67(63)26-24-55(25-27-67)19-5-6-35-9-13-41(30-44(35)58(61)62)68(64,65)54-48(60)42-14-12-39(29-45(42)66-40-28-36-16-18-51-47(36)52-32-40)57-22-20-56(21-23-57)33-37-15-17-49(2,3)31-43(37)34-7-10-38(50)11-8-34/h7-14,16,18,28-30,32H,4-6,15,17,19-27,31,33H2,1-3H3,(H,51,52)(H,54,60). The molecule has 2 saturated heterocycles. The van der Waals surface area contributed by atoms with Crippen molar-refractivity contribution >= 4 is 71.1 Å². The van der Waals surface area contributed by atoms with E-state index in [9.17, 15) is 32.3 Å². The third kappa shape index (κ3) is 11.8. The van der Waals surface area contributed by atoms with Crippen LogP contribution in [0.4, 0.5) is 11.4 Å². The fourth-order valence-corrected chi connectivity index (χ4v) is 12.2. The first-order valence-electron chi connectivity index (χ1n) is 23.0. The lowest BCUT2D eigenvalue weighted by Crippen LogP contribution is -2.47. The number of benzene rings is 3. The number of nitrogens with zero attached hydrogens (tertiary/aromatic N) is 6. The summed E-state index contributed by atoms with van der Waals surface area (Å²) >= 11 is 6.25. The van der Waals surface area contributed by atoms with E-state index >= 15 is 0 Å². The molecule has 2 aromatic heterocycles. The minimum atomic E-state index is -4.60. The number of piperazine rings is 1. The van der Waals surface area contributed by atoms with Crippen LogP contribution >= 0.6 is 11.6 Å². The van der Waals surface area contributed by atoms with E-state index in [2.05, 4.69) is 59.7 Å². The van der Waals surface area contributed by atoms with Crippen molar-refractivity contribution in [3.8, 4) is 11.5 Å². The molecule has 0 spiro atoms. The summed E-state index contributed by atoms with van der Waals surface area (Å²) in [5, 5.41) is 13.7. The second-order valence-electron chi connectivity index (χ2n) is 18.5. The molecular formula is C49H57ClN8O8S2. The summed E-state index contributed by atoms with van der Waals surface area (Å²) in [5.74, 6) is -0.348. The molecule has 4 heterocycles. The number of ether oxygens (including phenoxy) is 1. The number of amides is 2. The lowest BCUT2D eigenvalue weighted by Gasteiger charge is -2.39. The zero-order valence-corrected chi connectivity index (χ0v) is 40.9. The topological polar surface area (TPSA) is 201 Å². The molecule has 5 aromatic rings. The second kappa shape index (κ2) is 20.5. The highest BCUT2D eigenvalue weighted by Crippen LogP contribution is 2.43. The van der Waals surface area contributed by atoms with Crippen LogP contribution in [-0.2, 0) is 31.0 Å². The second-order valence-corrected chi connectivity index (χ2v) is 23.2. The highest BCUT2D eigenvalue weighted by atomic mass is 35.5. The summed E-state index contributed by atoms with van der Waals surface area (Å²) in [6.07, 6.45) is 7.42. The first kappa shape index (κ1) is 48.8. The number of aromatic nitrogens is 2. The number of halogens is 1. The number of hydrogen-bond donors (Lipinski definition) is 2. The van der Waals surface area contributed by atoms with E-state index in [0.29, 0.717) is 56.1 Å². The first-order chi connectivity index (χ1) is 32.5. The third-order valence-electron chi connectivity index (χ3n) is 13.1. The normalized spacial score (nSPS) is 17.8. The van der Waals surface area contributed by atoms with Crippen LogP contribution in [0.5, 0.6) is 11.5 Å². The number of carbonyl (C=O) groups is 2. The van der Waals surface area contributed by atoms with Gasteiger partial charge in [0, 0.05) is 104 Å². The molecule has 1 aliphatic carbocycles. The van der Waals surface area contributed by atoms with Crippen molar-refractivity contribution in [1.29, 1.82) is 0 Å². The van der Waals surface area contributed by atoms with Crippen LogP contribution in [0.2, 0.25) is 5.02 Å². The van der Waals surface area contributed by atoms with Gasteiger partial charge in [0.25, 0.3) is 27.5 Å². The van der Waals surface area contributed by atoms with Crippen LogP contribution in [0.3, 0.4) is 0 Å². The average molecular weight is 986 g/mol. The molecule has 16 nitrogen and oxygen atoms in total. The van der Waals surface area contributed by atoms with Crippen molar-refractivity contribution in [3.63, 3.8) is 0 Å². The van der Waals surface area contributed by atoms with Gasteiger partial charge in [-0.3, -0.25) is 24.6 Å². The molecule has 8 rings (SSSR count). The number of nitrogens with one attached hydrogen (secondary N) is 2. The number of aryl methyl sites for hydroxylation is 1. The van der Waals surface area contributed by atoms with Crippen molar-refractivity contribution in [2.45, 2.75) is 64.2 Å². The van der Waals surface area contributed by atoms with Crippen molar-refractivity contribution in [3.05, 3.63) is 123 Å².